The second-order valence-electron chi connectivity index (χ2n) is 11.8. The van der Waals surface area contributed by atoms with Crippen LogP contribution in [0.3, 0.4) is 0 Å². The van der Waals surface area contributed by atoms with Gasteiger partial charge in [0.05, 0.1) is 17.3 Å². The fourth-order valence-electron chi connectivity index (χ4n) is 4.93. The van der Waals surface area contributed by atoms with Crippen molar-refractivity contribution in [3.63, 3.8) is 0 Å². The van der Waals surface area contributed by atoms with Gasteiger partial charge in [-0.15, -0.1) is 0 Å². The van der Waals surface area contributed by atoms with Crippen LogP contribution in [0, 0.1) is 5.92 Å². The largest absolute Gasteiger partial charge is 0.328 e. The molecule has 2 aromatic carbocycles. The predicted molar refractivity (Wildman–Crippen MR) is 151 cm³/mol. The Bertz CT molecular complexity index is 888. The van der Waals surface area contributed by atoms with Crippen LogP contribution in [0.5, 0.6) is 0 Å². The van der Waals surface area contributed by atoms with Crippen LogP contribution in [-0.4, -0.2) is 25.4 Å². The van der Waals surface area contributed by atoms with E-state index in [-0.39, 0.29) is 6.10 Å². The summed E-state index contributed by atoms with van der Waals surface area (Å²) < 4.78 is 19.8. The molecule has 1 saturated carbocycles. The second-order valence-corrected chi connectivity index (χ2v) is 18.9. The summed E-state index contributed by atoms with van der Waals surface area (Å²) in [5.41, 5.74) is -0.888. The molecule has 2 aromatic rings. The van der Waals surface area contributed by atoms with Crippen LogP contribution in [0.4, 0.5) is 0 Å². The van der Waals surface area contributed by atoms with Gasteiger partial charge in [-0.3, -0.25) is 0 Å². The van der Waals surface area contributed by atoms with E-state index in [4.69, 9.17) is 25.4 Å². The van der Waals surface area contributed by atoms with Gasteiger partial charge in [0.15, 0.2) is 0 Å². The summed E-state index contributed by atoms with van der Waals surface area (Å²) in [4.78, 5) is 0. The van der Waals surface area contributed by atoms with E-state index >= 15 is 0 Å². The van der Waals surface area contributed by atoms with Gasteiger partial charge in [-0.2, -0.15) is 0 Å². The minimum absolute atomic E-state index is 0.00936. The van der Waals surface area contributed by atoms with Gasteiger partial charge < -0.3 is 13.6 Å². The maximum Gasteiger partial charge on any atom is 0.328 e. The lowest BCUT2D eigenvalue weighted by atomic mass is 10.0. The Morgan fingerprint density at radius 3 is 1.62 bits per heavy atom. The number of hydrogen-bond acceptors (Lipinski definition) is 4. The van der Waals surface area contributed by atoms with Crippen molar-refractivity contribution in [2.45, 2.75) is 97.1 Å². The molecule has 1 aliphatic carbocycles. The van der Waals surface area contributed by atoms with E-state index < -0.39 is 26.0 Å². The van der Waals surface area contributed by atoms with Gasteiger partial charge in [0, 0.05) is 0 Å². The third kappa shape index (κ3) is 7.85. The summed E-state index contributed by atoms with van der Waals surface area (Å²) >= 11 is 6.09. The topological polar surface area (TPSA) is 27.7 Å². The smallest absolute Gasteiger partial charge is 0.305 e. The second kappa shape index (κ2) is 11.1. The zero-order chi connectivity index (χ0) is 25.0. The molecule has 3 rings (SSSR count). The first-order chi connectivity index (χ1) is 15.8. The lowest BCUT2D eigenvalue weighted by molar-refractivity contribution is 0.00914. The standard InChI is InChI=1S/C28H43O3PSSi/c1-27(2,3)30-32(33,31-28(4,5)6)29-26(23-16-14-15-17-23)22-34(7,24-18-10-8-11-19-24)25-20-12-9-13-21-25/h8-13,18-21,23,26H,14-17,22H2,1-7H3/t26-/m0/s1. The molecular weight excluding hydrogens is 475 g/mol. The van der Waals surface area contributed by atoms with Crippen molar-refractivity contribution in [1.29, 1.82) is 0 Å². The SMILES string of the molecule is CC(C)(C)OP(=S)(O[C@@H](C[Si](C)(c1ccccc1)c1ccccc1)C1CCCC1)OC(C)(C)C. The number of hydrogen-bond donors (Lipinski definition) is 0. The van der Waals surface area contributed by atoms with Crippen LogP contribution >= 0.6 is 6.72 Å². The van der Waals surface area contributed by atoms with E-state index in [9.17, 15) is 0 Å². The Morgan fingerprint density at radius 1 is 0.824 bits per heavy atom. The van der Waals surface area contributed by atoms with Gasteiger partial charge in [-0.1, -0.05) is 90.4 Å². The average molecular weight is 519 g/mol. The zero-order valence-corrected chi connectivity index (χ0v) is 24.8. The fraction of sp³-hybridized carbons (Fsp3) is 0.571. The van der Waals surface area contributed by atoms with Crippen LogP contribution in [0.2, 0.25) is 12.6 Å². The van der Waals surface area contributed by atoms with E-state index in [0.717, 1.165) is 6.04 Å². The summed E-state index contributed by atoms with van der Waals surface area (Å²) in [7, 11) is -2.11. The maximum absolute atomic E-state index is 6.93. The Hall–Kier alpha value is -0.813. The zero-order valence-electron chi connectivity index (χ0n) is 22.0. The third-order valence-corrected chi connectivity index (χ3v) is 13.6. The molecule has 34 heavy (non-hydrogen) atoms. The summed E-state index contributed by atoms with van der Waals surface area (Å²) in [6.07, 6.45) is 4.87. The van der Waals surface area contributed by atoms with Crippen molar-refractivity contribution in [2.75, 3.05) is 0 Å². The van der Waals surface area contributed by atoms with E-state index in [1.807, 2.05) is 41.5 Å². The van der Waals surface area contributed by atoms with Crippen molar-refractivity contribution in [1.82, 2.24) is 0 Å². The molecule has 0 N–H and O–H groups in total. The molecule has 1 aliphatic rings. The maximum atomic E-state index is 6.93. The van der Waals surface area contributed by atoms with Gasteiger partial charge in [-0.05, 0) is 78.2 Å². The Morgan fingerprint density at radius 2 is 1.24 bits per heavy atom. The molecule has 188 valence electrons. The molecule has 1 fully saturated rings. The summed E-state index contributed by atoms with van der Waals surface area (Å²) in [6, 6.07) is 23.0. The highest BCUT2D eigenvalue weighted by atomic mass is 32.5. The first kappa shape index (κ1) is 27.8. The van der Waals surface area contributed by atoms with Crippen molar-refractivity contribution in [3.8, 4) is 0 Å². The Balaban J connectivity index is 2.02. The van der Waals surface area contributed by atoms with Crippen molar-refractivity contribution < 1.29 is 13.6 Å². The van der Waals surface area contributed by atoms with Gasteiger partial charge in [-0.25, -0.2) is 0 Å². The van der Waals surface area contributed by atoms with E-state index in [2.05, 4.69) is 67.2 Å². The van der Waals surface area contributed by atoms with E-state index in [1.54, 1.807) is 0 Å². The lowest BCUT2D eigenvalue weighted by Gasteiger charge is -2.40. The van der Waals surface area contributed by atoms with Crippen LogP contribution < -0.4 is 10.4 Å². The van der Waals surface area contributed by atoms with E-state index in [1.165, 1.54) is 36.1 Å². The summed E-state index contributed by atoms with van der Waals surface area (Å²) in [5.74, 6) is 0.480. The lowest BCUT2D eigenvalue weighted by Crippen LogP contribution is -2.58. The minimum atomic E-state index is -2.98. The van der Waals surface area contributed by atoms with Gasteiger partial charge >= 0.3 is 6.72 Å². The number of rotatable bonds is 9. The molecule has 1 atom stereocenters. The van der Waals surface area contributed by atoms with E-state index in [0.29, 0.717) is 5.92 Å². The van der Waals surface area contributed by atoms with Crippen LogP contribution in [0.15, 0.2) is 60.7 Å². The predicted octanol–water partition coefficient (Wildman–Crippen LogP) is 7.31. The molecule has 6 heteroatoms. The Labute approximate surface area is 213 Å². The minimum Gasteiger partial charge on any atom is -0.305 e. The van der Waals surface area contributed by atoms with Crippen LogP contribution in [0.1, 0.15) is 67.2 Å². The van der Waals surface area contributed by atoms with Crippen molar-refractivity contribution in [2.24, 2.45) is 5.92 Å². The number of benzene rings is 2. The molecule has 0 spiro atoms. The van der Waals surface area contributed by atoms with Gasteiger partial charge in [0.1, 0.15) is 8.07 Å². The highest BCUT2D eigenvalue weighted by Crippen LogP contribution is 2.58. The van der Waals surface area contributed by atoms with Gasteiger partial charge in [0.25, 0.3) is 0 Å². The molecule has 0 bridgehead atoms. The third-order valence-electron chi connectivity index (χ3n) is 6.39. The first-order valence-corrected chi connectivity index (χ1v) is 17.9. The van der Waals surface area contributed by atoms with Crippen molar-refractivity contribution in [3.05, 3.63) is 60.7 Å². The molecule has 0 heterocycles. The Kier molecular flexibility index (Phi) is 9.04. The first-order valence-electron chi connectivity index (χ1n) is 12.6. The molecule has 0 amide bonds. The molecule has 0 aliphatic heterocycles. The molecule has 0 saturated heterocycles. The molecular formula is C28H43O3PSSi. The quantitative estimate of drug-likeness (QED) is 0.257. The normalized spacial score (nSPS) is 17.1. The van der Waals surface area contributed by atoms with Crippen molar-refractivity contribution >= 4 is 37.0 Å². The fourth-order valence-corrected chi connectivity index (χ4v) is 12.7. The summed E-state index contributed by atoms with van der Waals surface area (Å²) in [6.45, 7) is 11.7. The molecule has 0 unspecified atom stereocenters. The highest BCUT2D eigenvalue weighted by Gasteiger charge is 2.43. The monoisotopic (exact) mass is 518 g/mol. The average Bonchev–Trinajstić information content (AvgIpc) is 3.26. The molecule has 0 radical (unpaired) electrons. The highest BCUT2D eigenvalue weighted by molar-refractivity contribution is 8.07. The molecule has 0 aromatic heterocycles. The van der Waals surface area contributed by atoms with Gasteiger partial charge in [0.2, 0.25) is 0 Å². The summed E-state index contributed by atoms with van der Waals surface area (Å²) in [5, 5.41) is 2.85. The van der Waals surface area contributed by atoms with Crippen LogP contribution in [0.25, 0.3) is 0 Å². The van der Waals surface area contributed by atoms with Crippen LogP contribution in [-0.2, 0) is 25.4 Å². The molecule has 3 nitrogen and oxygen atoms in total.